The summed E-state index contributed by atoms with van der Waals surface area (Å²) in [5.74, 6) is 0.402. The van der Waals surface area contributed by atoms with Crippen molar-refractivity contribution in [2.75, 3.05) is 5.73 Å². The van der Waals surface area contributed by atoms with Gasteiger partial charge in [-0.25, -0.2) is 19.6 Å². The van der Waals surface area contributed by atoms with Crippen molar-refractivity contribution in [3.05, 3.63) is 45.5 Å². The van der Waals surface area contributed by atoms with Crippen LogP contribution in [0.15, 0.2) is 30.6 Å². The Kier molecular flexibility index (Phi) is 3.44. The van der Waals surface area contributed by atoms with Crippen molar-refractivity contribution in [2.45, 2.75) is 6.54 Å². The van der Waals surface area contributed by atoms with Crippen LogP contribution in [-0.4, -0.2) is 29.3 Å². The van der Waals surface area contributed by atoms with Crippen LogP contribution in [0.1, 0.15) is 5.69 Å². The number of nitrogens with one attached hydrogen (secondary N) is 1. The van der Waals surface area contributed by atoms with Crippen molar-refractivity contribution in [3.63, 3.8) is 0 Å². The van der Waals surface area contributed by atoms with E-state index in [2.05, 4.69) is 42.6 Å². The summed E-state index contributed by atoms with van der Waals surface area (Å²) in [6.07, 6.45) is 1.42. The van der Waals surface area contributed by atoms with Gasteiger partial charge >= 0.3 is 0 Å². The first-order valence-electron chi connectivity index (χ1n) is 7.18. The number of hydrogen-bond acceptors (Lipinski definition) is 6. The molecule has 0 spiro atoms. The quantitative estimate of drug-likeness (QED) is 0.466. The Labute approximate surface area is 150 Å². The molecule has 9 heteroatoms. The molecule has 0 atom stereocenters. The van der Waals surface area contributed by atoms with Gasteiger partial charge in [0.1, 0.15) is 27.0 Å². The van der Waals surface area contributed by atoms with Crippen molar-refractivity contribution < 1.29 is 0 Å². The number of aryl methyl sites for hydroxylation is 1. The Morgan fingerprint density at radius 1 is 1.25 bits per heavy atom. The van der Waals surface area contributed by atoms with Crippen LogP contribution in [0.4, 0.5) is 5.82 Å². The fourth-order valence-corrected chi connectivity index (χ4v) is 3.48. The van der Waals surface area contributed by atoms with E-state index in [-0.39, 0.29) is 0 Å². The molecular formula is C15H13IN8. The monoisotopic (exact) mass is 432 g/mol. The minimum absolute atomic E-state index is 0.341. The highest BCUT2D eigenvalue weighted by molar-refractivity contribution is 14.1. The zero-order chi connectivity index (χ0) is 16.8. The van der Waals surface area contributed by atoms with Gasteiger partial charge in [-0.1, -0.05) is 12.1 Å². The van der Waals surface area contributed by atoms with E-state index in [0.717, 1.165) is 20.1 Å². The fraction of sp³-hybridized carbons (Fsp3) is 0.133. The molecule has 24 heavy (non-hydrogen) atoms. The Morgan fingerprint density at radius 2 is 2.04 bits per heavy atom. The van der Waals surface area contributed by atoms with Crippen LogP contribution in [0.25, 0.3) is 22.1 Å². The number of hydrogen-bond donors (Lipinski definition) is 2. The molecule has 3 heterocycles. The van der Waals surface area contributed by atoms with E-state index >= 15 is 0 Å². The summed E-state index contributed by atoms with van der Waals surface area (Å²) < 4.78 is 4.26. The lowest BCUT2D eigenvalue weighted by atomic mass is 10.2. The molecule has 120 valence electrons. The molecule has 0 aliphatic rings. The maximum atomic E-state index is 8.38. The number of para-hydroxylation sites is 2. The largest absolute Gasteiger partial charge is 0.383 e. The fourth-order valence-electron chi connectivity index (χ4n) is 2.70. The summed E-state index contributed by atoms with van der Waals surface area (Å²) in [6, 6.07) is 7.75. The number of aromatic nitrogens is 6. The summed E-state index contributed by atoms with van der Waals surface area (Å²) in [5.41, 5.74) is 9.28. The van der Waals surface area contributed by atoms with Gasteiger partial charge in [0.25, 0.3) is 0 Å². The molecular weight excluding hydrogens is 419 g/mol. The molecule has 8 nitrogen and oxygen atoms in total. The topological polar surface area (TPSA) is 111 Å². The van der Waals surface area contributed by atoms with Gasteiger partial charge in [0.2, 0.25) is 0 Å². The number of rotatable bonds is 2. The third-order valence-electron chi connectivity index (χ3n) is 3.92. The summed E-state index contributed by atoms with van der Waals surface area (Å²) in [5, 5.41) is 13.6. The van der Waals surface area contributed by atoms with Crippen LogP contribution in [-0.2, 0) is 13.6 Å². The lowest BCUT2D eigenvalue weighted by molar-refractivity contribution is 0.660. The van der Waals surface area contributed by atoms with Crippen LogP contribution >= 0.6 is 22.6 Å². The molecule has 0 fully saturated rings. The minimum Gasteiger partial charge on any atom is -0.383 e. The summed E-state index contributed by atoms with van der Waals surface area (Å²) in [6.45, 7) is 0.341. The van der Waals surface area contributed by atoms with E-state index in [9.17, 15) is 0 Å². The molecule has 0 unspecified atom stereocenters. The first-order chi connectivity index (χ1) is 11.6. The zero-order valence-corrected chi connectivity index (χ0v) is 14.9. The molecule has 1 aromatic carbocycles. The van der Waals surface area contributed by atoms with Gasteiger partial charge in [-0.15, -0.1) is 0 Å². The van der Waals surface area contributed by atoms with Gasteiger partial charge in [0, 0.05) is 7.05 Å². The zero-order valence-electron chi connectivity index (χ0n) is 12.7. The van der Waals surface area contributed by atoms with Gasteiger partial charge in [-0.3, -0.25) is 5.41 Å². The summed E-state index contributed by atoms with van der Waals surface area (Å²) in [7, 11) is 1.86. The normalized spacial score (nSPS) is 11.4. The Bertz CT molecular complexity index is 1140. The third-order valence-corrected chi connectivity index (χ3v) is 4.68. The van der Waals surface area contributed by atoms with E-state index in [4.69, 9.17) is 11.1 Å². The number of nitrogens with two attached hydrogens (primary N) is 1. The Morgan fingerprint density at radius 3 is 2.88 bits per heavy atom. The number of anilines is 1. The molecule has 0 amide bonds. The average molecular weight is 432 g/mol. The van der Waals surface area contributed by atoms with E-state index < -0.39 is 0 Å². The predicted octanol–water partition coefficient (Wildman–Crippen LogP) is 1.43. The SMILES string of the molecule is Cn1c(=N)c(Cn2nc(I)c3c(N)ncnc32)nc2ccccc21. The molecule has 3 aromatic heterocycles. The van der Waals surface area contributed by atoms with E-state index in [0.29, 0.717) is 29.2 Å². The van der Waals surface area contributed by atoms with Gasteiger partial charge in [-0.05, 0) is 34.7 Å². The maximum Gasteiger partial charge on any atom is 0.164 e. The maximum absolute atomic E-state index is 8.38. The molecule has 0 saturated heterocycles. The predicted molar refractivity (Wildman–Crippen MR) is 98.1 cm³/mol. The summed E-state index contributed by atoms with van der Waals surface area (Å²) >= 11 is 2.11. The number of fused-ring (bicyclic) bond motifs is 2. The molecule has 0 saturated carbocycles. The van der Waals surface area contributed by atoms with Crippen LogP contribution in [0, 0.1) is 9.11 Å². The van der Waals surface area contributed by atoms with Crippen molar-refractivity contribution in [2.24, 2.45) is 7.05 Å². The molecule has 0 radical (unpaired) electrons. The summed E-state index contributed by atoms with van der Waals surface area (Å²) in [4.78, 5) is 12.9. The van der Waals surface area contributed by atoms with Gasteiger partial charge in [-0.2, -0.15) is 5.10 Å². The van der Waals surface area contributed by atoms with Crippen molar-refractivity contribution in [1.82, 2.24) is 29.3 Å². The van der Waals surface area contributed by atoms with Crippen LogP contribution in [0.2, 0.25) is 0 Å². The smallest absolute Gasteiger partial charge is 0.164 e. The molecule has 0 aliphatic carbocycles. The van der Waals surface area contributed by atoms with Gasteiger partial charge in [0.15, 0.2) is 5.65 Å². The first-order valence-corrected chi connectivity index (χ1v) is 8.26. The Balaban J connectivity index is 1.91. The first kappa shape index (κ1) is 15.0. The van der Waals surface area contributed by atoms with Crippen molar-refractivity contribution in [3.8, 4) is 0 Å². The van der Waals surface area contributed by atoms with E-state index in [1.54, 1.807) is 4.68 Å². The second kappa shape index (κ2) is 5.51. The Hall–Kier alpha value is -2.56. The highest BCUT2D eigenvalue weighted by Crippen LogP contribution is 2.22. The second-order valence-electron chi connectivity index (χ2n) is 5.36. The number of nitrogens with zero attached hydrogens (tertiary/aromatic N) is 6. The number of benzene rings is 1. The average Bonchev–Trinajstić information content (AvgIpc) is 2.90. The van der Waals surface area contributed by atoms with Crippen LogP contribution < -0.4 is 11.2 Å². The highest BCUT2D eigenvalue weighted by atomic mass is 127. The van der Waals surface area contributed by atoms with Gasteiger partial charge < -0.3 is 10.3 Å². The van der Waals surface area contributed by atoms with Crippen molar-refractivity contribution >= 4 is 50.5 Å². The number of nitrogen functional groups attached to an aromatic ring is 1. The second-order valence-corrected chi connectivity index (χ2v) is 6.38. The molecule has 4 rings (SSSR count). The molecule has 3 N–H and O–H groups in total. The lowest BCUT2D eigenvalue weighted by Crippen LogP contribution is -2.25. The lowest BCUT2D eigenvalue weighted by Gasteiger charge is -2.10. The number of halogens is 1. The molecule has 0 bridgehead atoms. The third kappa shape index (κ3) is 2.23. The van der Waals surface area contributed by atoms with E-state index in [1.165, 1.54) is 6.33 Å². The minimum atomic E-state index is 0.341. The molecule has 0 aliphatic heterocycles. The standard InChI is InChI=1S/C15H13IN8/c1-23-10-5-3-2-4-8(10)21-9(14(23)18)6-24-15-11(12(16)22-24)13(17)19-7-20-15/h2-5,7,18H,6H2,1H3,(H2,17,19,20). The molecule has 4 aromatic rings. The van der Waals surface area contributed by atoms with Crippen LogP contribution in [0.3, 0.4) is 0 Å². The van der Waals surface area contributed by atoms with Crippen molar-refractivity contribution in [1.29, 1.82) is 5.41 Å². The van der Waals surface area contributed by atoms with Crippen LogP contribution in [0.5, 0.6) is 0 Å². The van der Waals surface area contributed by atoms with E-state index in [1.807, 2.05) is 35.9 Å². The highest BCUT2D eigenvalue weighted by Gasteiger charge is 2.15. The van der Waals surface area contributed by atoms with Gasteiger partial charge in [0.05, 0.1) is 23.0 Å².